The number of carbonyl (C=O) groups is 1. The number of halogens is 4. The number of ether oxygens (including phenoxy) is 1. The van der Waals surface area contributed by atoms with Crippen LogP contribution in [0.25, 0.3) is 22.6 Å². The van der Waals surface area contributed by atoms with E-state index >= 15 is 0 Å². The summed E-state index contributed by atoms with van der Waals surface area (Å²) in [5.74, 6) is -4.69. The minimum Gasteiger partial charge on any atom is -0.437 e. The highest BCUT2D eigenvalue weighted by Crippen LogP contribution is 2.35. The van der Waals surface area contributed by atoms with Gasteiger partial charge in [-0.1, -0.05) is 6.07 Å². The minimum absolute atomic E-state index is 0.0571. The molecule has 0 radical (unpaired) electrons. The molecule has 5 rings (SSSR count). The molecule has 2 fully saturated rings. The molecule has 3 heterocycles. The van der Waals surface area contributed by atoms with E-state index < -0.39 is 36.8 Å². The average molecular weight is 464 g/mol. The summed E-state index contributed by atoms with van der Waals surface area (Å²) in [6.07, 6.45) is -3.48. The predicted octanol–water partition coefficient (Wildman–Crippen LogP) is 3.12. The average Bonchev–Trinajstić information content (AvgIpc) is 3.38. The van der Waals surface area contributed by atoms with Gasteiger partial charge in [0.1, 0.15) is 11.5 Å². The smallest absolute Gasteiger partial charge is 0.414 e. The van der Waals surface area contributed by atoms with Crippen molar-refractivity contribution in [1.29, 1.82) is 0 Å². The molecule has 13 heteroatoms. The molecule has 2 aromatic heterocycles. The molecule has 2 aliphatic rings. The van der Waals surface area contributed by atoms with Crippen LogP contribution in [-0.4, -0.2) is 61.3 Å². The highest BCUT2D eigenvalue weighted by molar-refractivity contribution is 5.90. The Kier molecular flexibility index (Phi) is 5.00. The molecule has 2 atom stereocenters. The van der Waals surface area contributed by atoms with Crippen molar-refractivity contribution >= 4 is 11.8 Å². The molecule has 1 N–H and O–H groups in total. The van der Waals surface area contributed by atoms with Gasteiger partial charge in [-0.3, -0.25) is 9.88 Å². The molecular formula is C20H16F4N6O3. The maximum Gasteiger partial charge on any atom is 0.414 e. The third-order valence-corrected chi connectivity index (χ3v) is 5.43. The molecule has 0 spiro atoms. The van der Waals surface area contributed by atoms with E-state index in [9.17, 15) is 22.4 Å². The van der Waals surface area contributed by atoms with Crippen LogP contribution in [0.15, 0.2) is 36.5 Å². The van der Waals surface area contributed by atoms with Crippen LogP contribution < -0.4 is 4.90 Å². The normalized spacial score (nSPS) is 19.6. The van der Waals surface area contributed by atoms with E-state index in [1.165, 1.54) is 18.3 Å². The number of benzene rings is 1. The van der Waals surface area contributed by atoms with Crippen molar-refractivity contribution in [1.82, 2.24) is 25.2 Å². The van der Waals surface area contributed by atoms with Gasteiger partial charge >= 0.3 is 12.0 Å². The fourth-order valence-electron chi connectivity index (χ4n) is 3.41. The second kappa shape index (κ2) is 7.76. The lowest BCUT2D eigenvalue weighted by atomic mass is 10.1. The molecule has 1 aliphatic carbocycles. The lowest BCUT2D eigenvalue weighted by molar-refractivity contribution is -0.209. The molecule has 33 heavy (non-hydrogen) atoms. The number of aliphatic hydroxyl groups is 1. The van der Waals surface area contributed by atoms with Crippen molar-refractivity contribution in [3.8, 4) is 22.6 Å². The van der Waals surface area contributed by atoms with Gasteiger partial charge in [0.05, 0.1) is 18.3 Å². The molecule has 172 valence electrons. The van der Waals surface area contributed by atoms with Crippen molar-refractivity contribution in [2.24, 2.45) is 0 Å². The topological polar surface area (TPSA) is 106 Å². The predicted molar refractivity (Wildman–Crippen MR) is 104 cm³/mol. The number of amides is 1. The molecule has 1 aromatic carbocycles. The first kappa shape index (κ1) is 21.2. The summed E-state index contributed by atoms with van der Waals surface area (Å²) in [6.45, 7) is -0.754. The third-order valence-electron chi connectivity index (χ3n) is 5.43. The second-order valence-corrected chi connectivity index (χ2v) is 7.75. The molecular weight excluding hydrogens is 448 g/mol. The zero-order valence-electron chi connectivity index (χ0n) is 16.8. The number of carbonyl (C=O) groups excluding carboxylic acids is 1. The van der Waals surface area contributed by atoms with Crippen molar-refractivity contribution in [3.63, 3.8) is 0 Å². The first-order valence-electron chi connectivity index (χ1n) is 9.98. The number of pyridine rings is 1. The Hall–Kier alpha value is -3.61. The molecule has 1 saturated carbocycles. The summed E-state index contributed by atoms with van der Waals surface area (Å²) in [4.78, 5) is 18.5. The molecule has 1 aliphatic heterocycles. The Labute approximate surface area is 183 Å². The van der Waals surface area contributed by atoms with Crippen LogP contribution in [0, 0.1) is 5.82 Å². The molecule has 3 aromatic rings. The monoisotopic (exact) mass is 464 g/mol. The van der Waals surface area contributed by atoms with E-state index in [2.05, 4.69) is 25.1 Å². The van der Waals surface area contributed by atoms with Crippen molar-refractivity contribution in [2.75, 3.05) is 11.4 Å². The number of cyclic esters (lactones) is 1. The second-order valence-electron chi connectivity index (χ2n) is 7.75. The van der Waals surface area contributed by atoms with E-state index in [4.69, 9.17) is 5.11 Å². The first-order chi connectivity index (χ1) is 15.7. The van der Waals surface area contributed by atoms with Crippen LogP contribution in [0.4, 0.5) is 28.0 Å². The molecule has 1 amide bonds. The highest BCUT2D eigenvalue weighted by atomic mass is 19.3. The number of alkyl halides is 3. The van der Waals surface area contributed by atoms with Gasteiger partial charge < -0.3 is 9.84 Å². The zero-order valence-corrected chi connectivity index (χ0v) is 16.8. The van der Waals surface area contributed by atoms with Crippen LogP contribution in [0.3, 0.4) is 0 Å². The summed E-state index contributed by atoms with van der Waals surface area (Å²) in [6, 6.07) is 7.16. The number of nitrogens with zero attached hydrogens (tertiary/aromatic N) is 6. The lowest BCUT2D eigenvalue weighted by Crippen LogP contribution is -2.44. The van der Waals surface area contributed by atoms with Crippen LogP contribution in [0.1, 0.15) is 18.9 Å². The fourth-order valence-corrected chi connectivity index (χ4v) is 3.41. The number of hydrogen-bond donors (Lipinski definition) is 1. The van der Waals surface area contributed by atoms with Crippen molar-refractivity contribution in [2.45, 2.75) is 37.3 Å². The zero-order chi connectivity index (χ0) is 23.3. The van der Waals surface area contributed by atoms with Gasteiger partial charge in [-0.05, 0) is 42.3 Å². The summed E-state index contributed by atoms with van der Waals surface area (Å²) in [5, 5.41) is 20.8. The summed E-state index contributed by atoms with van der Waals surface area (Å²) in [7, 11) is 0. The Bertz CT molecular complexity index is 1200. The Balaban J connectivity index is 1.34. The van der Waals surface area contributed by atoms with Crippen LogP contribution in [0.2, 0.25) is 0 Å². The van der Waals surface area contributed by atoms with Crippen molar-refractivity contribution < 1.29 is 32.2 Å². The quantitative estimate of drug-likeness (QED) is 0.559. The lowest BCUT2D eigenvalue weighted by Gasteiger charge is -2.21. The summed E-state index contributed by atoms with van der Waals surface area (Å²) < 4.78 is 59.4. The van der Waals surface area contributed by atoms with E-state index in [1.807, 2.05) is 0 Å². The number of rotatable bonds is 6. The van der Waals surface area contributed by atoms with Gasteiger partial charge in [0.2, 0.25) is 5.82 Å². The van der Waals surface area contributed by atoms with Crippen LogP contribution in [-0.2, 0) is 4.74 Å². The Morgan fingerprint density at radius 3 is 2.64 bits per heavy atom. The number of tetrazole rings is 1. The number of hydrogen-bond acceptors (Lipinski definition) is 7. The fraction of sp³-hybridized carbons (Fsp3) is 0.350. The van der Waals surface area contributed by atoms with E-state index in [0.29, 0.717) is 17.1 Å². The minimum atomic E-state index is -4.30. The molecule has 0 bridgehead atoms. The maximum atomic E-state index is 14.8. The number of aliphatic hydroxyl groups excluding tert-OH is 1. The molecule has 0 unspecified atom stereocenters. The first-order valence-corrected chi connectivity index (χ1v) is 9.98. The van der Waals surface area contributed by atoms with Gasteiger partial charge in [0.15, 0.2) is 6.10 Å². The SMILES string of the molecule is O=C1O[C@@H](C(F)(F)[C@H](O)F)CN1c1ccc(-c2ccc(-c3nnn(C4CC4)n3)nc2)c(F)c1. The largest absolute Gasteiger partial charge is 0.437 e. The van der Waals surface area contributed by atoms with E-state index in [0.717, 1.165) is 23.8 Å². The van der Waals surface area contributed by atoms with E-state index in [-0.39, 0.29) is 17.3 Å². The Morgan fingerprint density at radius 1 is 1.21 bits per heavy atom. The molecule has 9 nitrogen and oxygen atoms in total. The van der Waals surface area contributed by atoms with Gasteiger partial charge in [0, 0.05) is 17.3 Å². The maximum absolute atomic E-state index is 14.8. The highest BCUT2D eigenvalue weighted by Gasteiger charge is 2.54. The van der Waals surface area contributed by atoms with Crippen LogP contribution in [0.5, 0.6) is 0 Å². The van der Waals surface area contributed by atoms with Gasteiger partial charge in [-0.15, -0.1) is 10.2 Å². The van der Waals surface area contributed by atoms with Crippen molar-refractivity contribution in [3.05, 3.63) is 42.3 Å². The van der Waals surface area contributed by atoms with Gasteiger partial charge in [0.25, 0.3) is 6.36 Å². The summed E-state index contributed by atoms with van der Waals surface area (Å²) in [5.41, 5.74) is 0.982. The van der Waals surface area contributed by atoms with E-state index in [1.54, 1.807) is 16.9 Å². The van der Waals surface area contributed by atoms with Gasteiger partial charge in [-0.2, -0.15) is 13.6 Å². The third kappa shape index (κ3) is 3.88. The Morgan fingerprint density at radius 2 is 2.00 bits per heavy atom. The van der Waals surface area contributed by atoms with Crippen LogP contribution >= 0.6 is 0 Å². The van der Waals surface area contributed by atoms with Gasteiger partial charge in [-0.25, -0.2) is 13.6 Å². The number of anilines is 1. The summed E-state index contributed by atoms with van der Waals surface area (Å²) >= 11 is 0. The number of aromatic nitrogens is 5. The standard InChI is InChI=1S/C20H16F4N6O3/c21-14-7-12(29-9-16(33-19(29)32)20(23,24)18(22)31)4-5-13(14)10-1-6-15(25-8-10)17-26-28-30(27-17)11-2-3-11/h1,4-8,11,16,18,31H,2-3,9H2/t16-,18+/m1/s1. The molecule has 1 saturated heterocycles.